The zero-order valence-corrected chi connectivity index (χ0v) is 23.3. The Hall–Kier alpha value is -3.59. The molecule has 4 heterocycles. The van der Waals surface area contributed by atoms with E-state index in [-0.39, 0.29) is 30.0 Å². The van der Waals surface area contributed by atoms with Gasteiger partial charge in [0.05, 0.1) is 47.0 Å². The van der Waals surface area contributed by atoms with Gasteiger partial charge in [0.1, 0.15) is 17.9 Å². The number of fused-ring (bicyclic) bond motifs is 4. The summed E-state index contributed by atoms with van der Waals surface area (Å²) >= 11 is 0. The molecule has 0 aromatic carbocycles. The molecule has 0 aliphatic heterocycles. The van der Waals surface area contributed by atoms with Crippen LogP contribution in [0.1, 0.15) is 57.9 Å². The molecular formula is C28H33ClFN9O. The lowest BCUT2D eigenvalue weighted by molar-refractivity contribution is -0.0120. The van der Waals surface area contributed by atoms with Crippen molar-refractivity contribution >= 4 is 23.6 Å². The van der Waals surface area contributed by atoms with Crippen molar-refractivity contribution in [2.45, 2.75) is 81.8 Å². The van der Waals surface area contributed by atoms with Crippen LogP contribution in [0.15, 0.2) is 42.9 Å². The standard InChI is InChI=1S/C28H32FN9O.ClH/c1-26(2,39)25(29)17-37-16-23(35-36-37)20-15-32-22(24-4-3-19-11-18(13-30)14-33-38(19)24)12-21(20)34-28-8-5-27(31,6-9-28)7-10-28;/h3-4,11-12,14-16,25,39H,5-10,17,31H2,1-2H3,(H,32,34);1H. The molecule has 0 radical (unpaired) electrons. The molecule has 4 N–H and O–H groups in total. The molecule has 3 saturated carbocycles. The van der Waals surface area contributed by atoms with E-state index in [0.717, 1.165) is 61.0 Å². The molecule has 3 aliphatic carbocycles. The zero-order chi connectivity index (χ0) is 27.4. The minimum atomic E-state index is -1.50. The van der Waals surface area contributed by atoms with E-state index in [0.29, 0.717) is 17.0 Å². The first kappa shape index (κ1) is 28.0. The van der Waals surface area contributed by atoms with Crippen LogP contribution in [0.5, 0.6) is 0 Å². The number of nitrogens with one attached hydrogen (secondary N) is 1. The summed E-state index contributed by atoms with van der Waals surface area (Å²) in [4.78, 5) is 4.75. The molecule has 7 rings (SSSR count). The van der Waals surface area contributed by atoms with Crippen molar-refractivity contribution in [1.82, 2.24) is 29.6 Å². The third-order valence-electron chi connectivity index (χ3n) is 8.43. The summed E-state index contributed by atoms with van der Waals surface area (Å²) in [7, 11) is 0. The highest BCUT2D eigenvalue weighted by Gasteiger charge is 2.46. The molecule has 2 bridgehead atoms. The largest absolute Gasteiger partial charge is 0.387 e. The molecule has 0 spiro atoms. The summed E-state index contributed by atoms with van der Waals surface area (Å²) in [6.45, 7) is 2.76. The predicted octanol–water partition coefficient (Wildman–Crippen LogP) is 4.27. The van der Waals surface area contributed by atoms with Gasteiger partial charge in [-0.2, -0.15) is 10.4 Å². The third-order valence-corrected chi connectivity index (χ3v) is 8.43. The number of rotatable bonds is 7. The summed E-state index contributed by atoms with van der Waals surface area (Å²) in [6.07, 6.45) is 9.36. The van der Waals surface area contributed by atoms with E-state index in [4.69, 9.17) is 10.7 Å². The van der Waals surface area contributed by atoms with Crippen LogP contribution < -0.4 is 11.1 Å². The monoisotopic (exact) mass is 565 g/mol. The zero-order valence-electron chi connectivity index (χ0n) is 22.5. The van der Waals surface area contributed by atoms with Crippen LogP contribution in [-0.4, -0.2) is 57.5 Å². The van der Waals surface area contributed by atoms with E-state index >= 15 is 0 Å². The fourth-order valence-corrected chi connectivity index (χ4v) is 5.74. The number of anilines is 1. The molecule has 3 fully saturated rings. The maximum Gasteiger partial charge on any atom is 0.148 e. The normalized spacial score (nSPS) is 23.0. The molecule has 3 aliphatic rings. The Bertz CT molecular complexity index is 1560. The first-order valence-corrected chi connectivity index (χ1v) is 13.3. The summed E-state index contributed by atoms with van der Waals surface area (Å²) in [5.41, 5.74) is 9.95. The van der Waals surface area contributed by atoms with Crippen molar-refractivity contribution in [3.63, 3.8) is 0 Å². The highest BCUT2D eigenvalue weighted by molar-refractivity contribution is 5.85. The van der Waals surface area contributed by atoms with Crippen LogP contribution in [0.25, 0.3) is 28.2 Å². The molecule has 4 aromatic rings. The van der Waals surface area contributed by atoms with Gasteiger partial charge in [-0.3, -0.25) is 4.98 Å². The number of pyridine rings is 1. The maximum absolute atomic E-state index is 14.5. The topological polar surface area (TPSA) is 143 Å². The minimum Gasteiger partial charge on any atom is -0.387 e. The number of hydrogen-bond acceptors (Lipinski definition) is 8. The Labute approximate surface area is 237 Å². The molecule has 40 heavy (non-hydrogen) atoms. The SMILES string of the molecule is CC(C)(O)C(F)Cn1cc(-c2cnc(-c3ccc4cc(C#N)cnn34)cc2NC23CCC(N)(CC2)CC3)nn1.Cl. The number of halogens is 2. The van der Waals surface area contributed by atoms with Gasteiger partial charge >= 0.3 is 0 Å². The average Bonchev–Trinajstić information content (AvgIpc) is 3.56. The second kappa shape index (κ2) is 10.1. The van der Waals surface area contributed by atoms with E-state index in [9.17, 15) is 14.8 Å². The first-order valence-electron chi connectivity index (χ1n) is 13.3. The molecule has 0 amide bonds. The van der Waals surface area contributed by atoms with Crippen molar-refractivity contribution in [3.8, 4) is 28.7 Å². The van der Waals surface area contributed by atoms with Gasteiger partial charge in [0.2, 0.25) is 0 Å². The Morgan fingerprint density at radius 1 is 1.15 bits per heavy atom. The fraction of sp³-hybridized carbons (Fsp3) is 0.464. The van der Waals surface area contributed by atoms with Gasteiger partial charge in [0.15, 0.2) is 0 Å². The van der Waals surface area contributed by atoms with Crippen LogP contribution in [0, 0.1) is 11.3 Å². The van der Waals surface area contributed by atoms with E-state index in [1.807, 2.05) is 18.2 Å². The first-order chi connectivity index (χ1) is 18.6. The van der Waals surface area contributed by atoms with Gasteiger partial charge in [-0.1, -0.05) is 5.21 Å². The maximum atomic E-state index is 14.5. The van der Waals surface area contributed by atoms with Crippen molar-refractivity contribution in [1.29, 1.82) is 5.26 Å². The summed E-state index contributed by atoms with van der Waals surface area (Å²) in [5.74, 6) is 0. The molecule has 1 unspecified atom stereocenters. The van der Waals surface area contributed by atoms with Gasteiger partial charge in [-0.05, 0) is 76.6 Å². The Balaban J connectivity index is 0.00000323. The molecular weight excluding hydrogens is 533 g/mol. The lowest BCUT2D eigenvalue weighted by atomic mass is 9.62. The smallest absolute Gasteiger partial charge is 0.148 e. The predicted molar refractivity (Wildman–Crippen MR) is 152 cm³/mol. The quantitative estimate of drug-likeness (QED) is 0.301. The number of nitriles is 1. The Morgan fingerprint density at radius 2 is 1.88 bits per heavy atom. The summed E-state index contributed by atoms with van der Waals surface area (Å²) in [6, 6.07) is 9.76. The third kappa shape index (κ3) is 5.14. The van der Waals surface area contributed by atoms with E-state index in [1.54, 1.807) is 23.0 Å². The second-order valence-corrected chi connectivity index (χ2v) is 11.7. The van der Waals surface area contributed by atoms with Crippen LogP contribution in [-0.2, 0) is 6.54 Å². The van der Waals surface area contributed by atoms with Crippen molar-refractivity contribution in [2.24, 2.45) is 5.73 Å². The van der Waals surface area contributed by atoms with Gasteiger partial charge in [-0.15, -0.1) is 17.5 Å². The van der Waals surface area contributed by atoms with Crippen molar-refractivity contribution in [2.75, 3.05) is 5.32 Å². The van der Waals surface area contributed by atoms with Crippen LogP contribution in [0.2, 0.25) is 0 Å². The molecule has 12 heteroatoms. The number of hydrogen-bond donors (Lipinski definition) is 3. The van der Waals surface area contributed by atoms with Crippen LogP contribution >= 0.6 is 12.4 Å². The highest BCUT2D eigenvalue weighted by Crippen LogP contribution is 2.48. The lowest BCUT2D eigenvalue weighted by Crippen LogP contribution is -2.57. The summed E-state index contributed by atoms with van der Waals surface area (Å²) in [5, 5.41) is 36.0. The molecule has 0 saturated heterocycles. The molecule has 10 nitrogen and oxygen atoms in total. The lowest BCUT2D eigenvalue weighted by Gasteiger charge is -2.52. The average molecular weight is 566 g/mol. The van der Waals surface area contributed by atoms with Gasteiger partial charge in [0, 0.05) is 28.5 Å². The number of aromatic nitrogens is 6. The Kier molecular flexibility index (Phi) is 7.06. The second-order valence-electron chi connectivity index (χ2n) is 11.7. The van der Waals surface area contributed by atoms with Crippen molar-refractivity contribution in [3.05, 3.63) is 48.4 Å². The summed E-state index contributed by atoms with van der Waals surface area (Å²) < 4.78 is 17.7. The van der Waals surface area contributed by atoms with E-state index in [2.05, 4.69) is 26.8 Å². The minimum absolute atomic E-state index is 0. The highest BCUT2D eigenvalue weighted by atomic mass is 35.5. The van der Waals surface area contributed by atoms with Crippen LogP contribution in [0.4, 0.5) is 10.1 Å². The molecule has 4 aromatic heterocycles. The Morgan fingerprint density at radius 3 is 2.55 bits per heavy atom. The van der Waals surface area contributed by atoms with Gasteiger partial charge < -0.3 is 16.2 Å². The van der Waals surface area contributed by atoms with E-state index < -0.39 is 11.8 Å². The van der Waals surface area contributed by atoms with Gasteiger partial charge in [0.25, 0.3) is 0 Å². The molecule has 210 valence electrons. The number of nitrogens with zero attached hydrogens (tertiary/aromatic N) is 7. The number of aliphatic hydroxyl groups is 1. The number of alkyl halides is 1. The molecule has 1 atom stereocenters. The van der Waals surface area contributed by atoms with Crippen molar-refractivity contribution < 1.29 is 9.50 Å². The van der Waals surface area contributed by atoms with E-state index in [1.165, 1.54) is 24.7 Å². The van der Waals surface area contributed by atoms with Gasteiger partial charge in [-0.25, -0.2) is 13.6 Å². The number of nitrogens with two attached hydrogens (primary N) is 1. The van der Waals surface area contributed by atoms with Crippen LogP contribution in [0.3, 0.4) is 0 Å². The fourth-order valence-electron chi connectivity index (χ4n) is 5.74.